The third-order valence-electron chi connectivity index (χ3n) is 6.67. The number of nitrogens with two attached hydrogens (primary N) is 2. The molecular formula is C25H27ClN8O3S. The monoisotopic (exact) mass is 554 g/mol. The first-order valence-corrected chi connectivity index (χ1v) is 13.2. The van der Waals surface area contributed by atoms with Crippen molar-refractivity contribution in [2.75, 3.05) is 42.6 Å². The van der Waals surface area contributed by atoms with Gasteiger partial charge in [-0.05, 0) is 43.2 Å². The molecule has 2 unspecified atom stereocenters. The van der Waals surface area contributed by atoms with Gasteiger partial charge in [-0.3, -0.25) is 14.5 Å². The number of carbonyl (C=O) groups is 2. The molecule has 0 aliphatic carbocycles. The average Bonchev–Trinajstić information content (AvgIpc) is 3.40. The molecule has 0 radical (unpaired) electrons. The van der Waals surface area contributed by atoms with E-state index in [-0.39, 0.29) is 22.1 Å². The van der Waals surface area contributed by atoms with Gasteiger partial charge >= 0.3 is 0 Å². The third kappa shape index (κ3) is 4.77. The number of hydrogen-bond acceptors (Lipinski definition) is 10. The van der Waals surface area contributed by atoms with Gasteiger partial charge in [-0.25, -0.2) is 9.97 Å². The smallest absolute Gasteiger partial charge is 0.270 e. The second-order valence-corrected chi connectivity index (χ2v) is 10.5. The van der Waals surface area contributed by atoms with Crippen molar-refractivity contribution in [1.29, 1.82) is 0 Å². The Bertz CT molecular complexity index is 1380. The second-order valence-electron chi connectivity index (χ2n) is 9.09. The van der Waals surface area contributed by atoms with Gasteiger partial charge in [0.25, 0.3) is 11.8 Å². The minimum Gasteiger partial charge on any atom is -0.494 e. The number of halogens is 1. The lowest BCUT2D eigenvalue weighted by molar-refractivity contribution is -0.133. The van der Waals surface area contributed by atoms with Crippen LogP contribution in [-0.2, 0) is 9.59 Å². The van der Waals surface area contributed by atoms with Crippen LogP contribution < -0.4 is 21.7 Å². The molecule has 198 valence electrons. The van der Waals surface area contributed by atoms with E-state index in [1.807, 2.05) is 0 Å². The van der Waals surface area contributed by atoms with Gasteiger partial charge in [0, 0.05) is 31.2 Å². The van der Waals surface area contributed by atoms with Gasteiger partial charge in [-0.2, -0.15) is 0 Å². The van der Waals surface area contributed by atoms with E-state index in [0.29, 0.717) is 28.2 Å². The normalized spacial score (nSPS) is 20.8. The van der Waals surface area contributed by atoms with Gasteiger partial charge in [-0.15, -0.1) is 0 Å². The Morgan fingerprint density at radius 1 is 1.34 bits per heavy atom. The Morgan fingerprint density at radius 3 is 2.89 bits per heavy atom. The van der Waals surface area contributed by atoms with E-state index >= 15 is 0 Å². The fourth-order valence-electron chi connectivity index (χ4n) is 4.54. The predicted octanol–water partition coefficient (Wildman–Crippen LogP) is 2.54. The summed E-state index contributed by atoms with van der Waals surface area (Å²) in [4.78, 5) is 40.6. The topological polar surface area (TPSA) is 154 Å². The van der Waals surface area contributed by atoms with Crippen LogP contribution in [0.4, 0.5) is 17.3 Å². The van der Waals surface area contributed by atoms with Gasteiger partial charge in [0.15, 0.2) is 11.4 Å². The summed E-state index contributed by atoms with van der Waals surface area (Å²) in [6, 6.07) is 5.07. The molecule has 1 aromatic carbocycles. The van der Waals surface area contributed by atoms with E-state index in [2.05, 4.69) is 20.2 Å². The lowest BCUT2D eigenvalue weighted by atomic mass is 10.1. The predicted molar refractivity (Wildman–Crippen MR) is 146 cm³/mol. The number of nitrogen functional groups attached to an aromatic ring is 1. The number of aromatic nitrogens is 2. The number of nitrogens with one attached hydrogen (secondary N) is 1. The summed E-state index contributed by atoms with van der Waals surface area (Å²) in [6.07, 6.45) is 8.91. The summed E-state index contributed by atoms with van der Waals surface area (Å²) in [7, 11) is 1.59. The lowest BCUT2D eigenvalue weighted by Gasteiger charge is -2.40. The second kappa shape index (κ2) is 10.6. The lowest BCUT2D eigenvalue weighted by Crippen LogP contribution is -2.53. The highest BCUT2D eigenvalue weighted by Gasteiger charge is 2.40. The molecule has 0 saturated carbocycles. The molecule has 11 nitrogen and oxygen atoms in total. The molecular weight excluding hydrogens is 528 g/mol. The standard InChI is InChI=1S/C25H27ClN8O3S/c1-32-18-7-2-3-9-34(18)25(37)19(24(32)36)22(35)30-15-5-4-6-16(20(15)26)38-23-21(28)31-17(12-29-23)33-10-8-14(11-27)13-33/h2-7,9,12,14,18,36H,8,10-11,13,27H2,1H3,(H2,28,31)(H,30,35). The maximum Gasteiger partial charge on any atom is 0.270 e. The van der Waals surface area contributed by atoms with Gasteiger partial charge in [-0.1, -0.05) is 35.5 Å². The molecule has 0 bridgehead atoms. The molecule has 2 aromatic rings. The van der Waals surface area contributed by atoms with Crippen molar-refractivity contribution in [3.63, 3.8) is 0 Å². The van der Waals surface area contributed by atoms with Crippen LogP contribution in [0.1, 0.15) is 6.42 Å². The Labute approximate surface area is 228 Å². The van der Waals surface area contributed by atoms with Crippen molar-refractivity contribution in [2.45, 2.75) is 22.5 Å². The van der Waals surface area contributed by atoms with Crippen molar-refractivity contribution in [3.8, 4) is 0 Å². The summed E-state index contributed by atoms with van der Waals surface area (Å²) in [5.41, 5.74) is 11.9. The fourth-order valence-corrected chi connectivity index (χ4v) is 5.64. The molecule has 2 amide bonds. The van der Waals surface area contributed by atoms with Crippen LogP contribution in [0.5, 0.6) is 0 Å². The van der Waals surface area contributed by atoms with Crippen LogP contribution in [-0.4, -0.2) is 69.5 Å². The number of allylic oxidation sites excluding steroid dienone is 2. The molecule has 13 heteroatoms. The first-order valence-electron chi connectivity index (χ1n) is 12.0. The van der Waals surface area contributed by atoms with E-state index in [4.69, 9.17) is 23.1 Å². The minimum absolute atomic E-state index is 0.233. The van der Waals surface area contributed by atoms with Crippen LogP contribution in [0, 0.1) is 5.92 Å². The number of likely N-dealkylation sites (N-methyl/N-ethyl adjacent to an activating group) is 1. The Morgan fingerprint density at radius 2 is 2.16 bits per heavy atom. The van der Waals surface area contributed by atoms with Gasteiger partial charge in [0.05, 0.1) is 16.9 Å². The van der Waals surface area contributed by atoms with Gasteiger partial charge < -0.3 is 31.7 Å². The van der Waals surface area contributed by atoms with Gasteiger partial charge in [0.1, 0.15) is 17.0 Å². The van der Waals surface area contributed by atoms with E-state index in [9.17, 15) is 14.7 Å². The molecule has 5 rings (SSSR count). The number of amides is 2. The van der Waals surface area contributed by atoms with E-state index in [1.165, 1.54) is 21.6 Å². The molecule has 0 spiro atoms. The Kier molecular flexibility index (Phi) is 7.19. The van der Waals surface area contributed by atoms with Gasteiger partial charge in [0.2, 0.25) is 5.88 Å². The first-order chi connectivity index (χ1) is 18.3. The summed E-state index contributed by atoms with van der Waals surface area (Å²) in [5.74, 6) is -0.432. The van der Waals surface area contributed by atoms with E-state index in [0.717, 1.165) is 19.5 Å². The number of aliphatic hydroxyl groups is 1. The first kappa shape index (κ1) is 25.9. The molecule has 3 aliphatic rings. The quantitative estimate of drug-likeness (QED) is 0.391. The summed E-state index contributed by atoms with van der Waals surface area (Å²) >= 11 is 7.83. The summed E-state index contributed by atoms with van der Waals surface area (Å²) in [6.45, 7) is 2.31. The summed E-state index contributed by atoms with van der Waals surface area (Å²) in [5, 5.41) is 14.0. The van der Waals surface area contributed by atoms with Crippen molar-refractivity contribution in [1.82, 2.24) is 19.8 Å². The molecule has 3 aliphatic heterocycles. The molecule has 4 heterocycles. The van der Waals surface area contributed by atoms with Crippen molar-refractivity contribution in [2.24, 2.45) is 11.7 Å². The van der Waals surface area contributed by atoms with Crippen LogP contribution in [0.2, 0.25) is 5.02 Å². The molecule has 38 heavy (non-hydrogen) atoms. The number of benzene rings is 1. The highest BCUT2D eigenvalue weighted by molar-refractivity contribution is 7.99. The van der Waals surface area contributed by atoms with Crippen molar-refractivity contribution < 1.29 is 14.7 Å². The minimum atomic E-state index is -0.783. The Balaban J connectivity index is 1.34. The molecule has 6 N–H and O–H groups in total. The Hall–Kier alpha value is -3.74. The van der Waals surface area contributed by atoms with Crippen LogP contribution in [0.3, 0.4) is 0 Å². The van der Waals surface area contributed by atoms with Crippen LogP contribution in [0.25, 0.3) is 0 Å². The van der Waals surface area contributed by atoms with Crippen molar-refractivity contribution >= 4 is 52.5 Å². The number of anilines is 3. The number of hydrogen-bond donors (Lipinski definition) is 4. The number of aliphatic hydroxyl groups excluding tert-OH is 1. The van der Waals surface area contributed by atoms with Crippen LogP contribution >= 0.6 is 23.4 Å². The van der Waals surface area contributed by atoms with Crippen LogP contribution in [0.15, 0.2) is 70.2 Å². The number of carbonyl (C=O) groups excluding carboxylic acids is 2. The number of fused-ring (bicyclic) bond motifs is 1. The third-order valence-corrected chi connectivity index (χ3v) is 8.26. The summed E-state index contributed by atoms with van der Waals surface area (Å²) < 4.78 is 0. The number of nitrogens with zero attached hydrogens (tertiary/aromatic N) is 5. The van der Waals surface area contributed by atoms with E-state index < -0.39 is 23.9 Å². The maximum atomic E-state index is 13.1. The molecule has 2 atom stereocenters. The molecule has 1 saturated heterocycles. The zero-order valence-corrected chi connectivity index (χ0v) is 22.1. The maximum absolute atomic E-state index is 13.1. The highest BCUT2D eigenvalue weighted by Crippen LogP contribution is 2.39. The zero-order valence-electron chi connectivity index (χ0n) is 20.5. The van der Waals surface area contributed by atoms with E-state index in [1.54, 1.807) is 55.9 Å². The zero-order chi connectivity index (χ0) is 27.0. The average molecular weight is 555 g/mol. The highest BCUT2D eigenvalue weighted by atomic mass is 35.5. The molecule has 1 aromatic heterocycles. The number of rotatable bonds is 6. The SMILES string of the molecule is CN1C(O)=C(C(=O)Nc2cccc(Sc3ncc(N4CCC(CN)C4)nc3N)c2Cl)C(=O)N2C=CC=CC12. The largest absolute Gasteiger partial charge is 0.494 e. The fraction of sp³-hybridized carbons (Fsp3) is 0.280. The van der Waals surface area contributed by atoms with Crippen molar-refractivity contribution in [3.05, 3.63) is 65.3 Å². The molecule has 1 fully saturated rings.